The highest BCUT2D eigenvalue weighted by atomic mass is 79.9. The standard InChI is InChI=1S/C6H11BrO3/c1-9-6-5(7)2-4(8)3-10-6/h4-6,8H,2-3H2,1H3/t4-,5-,6+/m1/s1. The van der Waals surface area contributed by atoms with E-state index in [9.17, 15) is 0 Å². The van der Waals surface area contributed by atoms with E-state index in [1.165, 1.54) is 0 Å². The van der Waals surface area contributed by atoms with Gasteiger partial charge in [0.15, 0.2) is 6.29 Å². The van der Waals surface area contributed by atoms with Crippen LogP contribution in [0.3, 0.4) is 0 Å². The molecule has 0 aliphatic carbocycles. The van der Waals surface area contributed by atoms with Crippen molar-refractivity contribution in [3.05, 3.63) is 0 Å². The number of methoxy groups -OCH3 is 1. The van der Waals surface area contributed by atoms with Crippen molar-refractivity contribution in [3.8, 4) is 0 Å². The molecule has 0 bridgehead atoms. The fourth-order valence-electron chi connectivity index (χ4n) is 0.965. The maximum absolute atomic E-state index is 9.08. The van der Waals surface area contributed by atoms with Gasteiger partial charge < -0.3 is 14.6 Å². The smallest absolute Gasteiger partial charge is 0.169 e. The second kappa shape index (κ2) is 3.67. The van der Waals surface area contributed by atoms with Crippen molar-refractivity contribution in [2.45, 2.75) is 23.6 Å². The number of hydrogen-bond acceptors (Lipinski definition) is 3. The number of hydrogen-bond donors (Lipinski definition) is 1. The third-order valence-corrected chi connectivity index (χ3v) is 2.28. The molecule has 1 heterocycles. The number of rotatable bonds is 1. The molecule has 0 aromatic rings. The van der Waals surface area contributed by atoms with Crippen molar-refractivity contribution in [1.29, 1.82) is 0 Å². The average molecular weight is 211 g/mol. The molecule has 0 unspecified atom stereocenters. The van der Waals surface area contributed by atoms with Gasteiger partial charge in [0.25, 0.3) is 0 Å². The van der Waals surface area contributed by atoms with Crippen molar-refractivity contribution < 1.29 is 14.6 Å². The molecule has 3 nitrogen and oxygen atoms in total. The van der Waals surface area contributed by atoms with Gasteiger partial charge in [0.05, 0.1) is 17.5 Å². The molecule has 0 aromatic carbocycles. The van der Waals surface area contributed by atoms with E-state index in [-0.39, 0.29) is 17.2 Å². The summed E-state index contributed by atoms with van der Waals surface area (Å²) in [6.45, 7) is 0.376. The van der Waals surface area contributed by atoms with Gasteiger partial charge in [0, 0.05) is 7.11 Å². The second-order valence-corrected chi connectivity index (χ2v) is 3.52. The molecule has 0 amide bonds. The highest BCUT2D eigenvalue weighted by Gasteiger charge is 2.27. The summed E-state index contributed by atoms with van der Waals surface area (Å²) in [4.78, 5) is 0.112. The molecule has 4 heteroatoms. The van der Waals surface area contributed by atoms with Gasteiger partial charge in [-0.15, -0.1) is 0 Å². The number of halogens is 1. The zero-order valence-corrected chi connectivity index (χ0v) is 7.37. The van der Waals surface area contributed by atoms with Gasteiger partial charge in [0.1, 0.15) is 0 Å². The first-order valence-corrected chi connectivity index (χ1v) is 4.12. The second-order valence-electron chi connectivity index (χ2n) is 2.34. The van der Waals surface area contributed by atoms with Crippen LogP contribution in [0.2, 0.25) is 0 Å². The number of aliphatic hydroxyl groups is 1. The molecule has 1 aliphatic heterocycles. The summed E-state index contributed by atoms with van der Waals surface area (Å²) in [6, 6.07) is 0. The first kappa shape index (κ1) is 8.46. The summed E-state index contributed by atoms with van der Waals surface area (Å²) >= 11 is 3.35. The zero-order valence-electron chi connectivity index (χ0n) is 5.79. The molecule has 1 rings (SSSR count). The fourth-order valence-corrected chi connectivity index (χ4v) is 1.77. The minimum absolute atomic E-state index is 0.112. The minimum Gasteiger partial charge on any atom is -0.391 e. The molecule has 1 saturated heterocycles. The van der Waals surface area contributed by atoms with Crippen molar-refractivity contribution >= 4 is 15.9 Å². The molecular weight excluding hydrogens is 200 g/mol. The molecule has 1 aliphatic rings. The van der Waals surface area contributed by atoms with Crippen LogP contribution in [0.4, 0.5) is 0 Å². The van der Waals surface area contributed by atoms with Gasteiger partial charge in [-0.05, 0) is 6.42 Å². The first-order chi connectivity index (χ1) is 4.74. The largest absolute Gasteiger partial charge is 0.391 e. The Bertz CT molecular complexity index is 109. The maximum atomic E-state index is 9.08. The molecule has 0 radical (unpaired) electrons. The summed E-state index contributed by atoms with van der Waals surface area (Å²) in [7, 11) is 1.59. The Morgan fingerprint density at radius 3 is 2.90 bits per heavy atom. The normalized spacial score (nSPS) is 41.7. The van der Waals surface area contributed by atoms with Crippen LogP contribution >= 0.6 is 15.9 Å². The van der Waals surface area contributed by atoms with E-state index in [1.807, 2.05) is 0 Å². The van der Waals surface area contributed by atoms with Gasteiger partial charge in [-0.1, -0.05) is 15.9 Å². The molecular formula is C6H11BrO3. The lowest BCUT2D eigenvalue weighted by atomic mass is 10.1. The van der Waals surface area contributed by atoms with E-state index in [2.05, 4.69) is 15.9 Å². The first-order valence-electron chi connectivity index (χ1n) is 3.20. The lowest BCUT2D eigenvalue weighted by Crippen LogP contribution is -2.38. The van der Waals surface area contributed by atoms with Crippen molar-refractivity contribution in [3.63, 3.8) is 0 Å². The van der Waals surface area contributed by atoms with Crippen molar-refractivity contribution in [2.24, 2.45) is 0 Å². The van der Waals surface area contributed by atoms with E-state index >= 15 is 0 Å². The summed E-state index contributed by atoms with van der Waals surface area (Å²) in [5.74, 6) is 0. The summed E-state index contributed by atoms with van der Waals surface area (Å²) < 4.78 is 10.1. The van der Waals surface area contributed by atoms with Crippen LogP contribution in [0.1, 0.15) is 6.42 Å². The molecule has 1 fully saturated rings. The molecule has 0 aromatic heterocycles. The average Bonchev–Trinajstić information content (AvgIpc) is 1.88. The van der Waals surface area contributed by atoms with E-state index in [1.54, 1.807) is 7.11 Å². The van der Waals surface area contributed by atoms with Gasteiger partial charge >= 0.3 is 0 Å². The van der Waals surface area contributed by atoms with E-state index in [4.69, 9.17) is 14.6 Å². The van der Waals surface area contributed by atoms with Crippen LogP contribution < -0.4 is 0 Å². The Morgan fingerprint density at radius 2 is 2.40 bits per heavy atom. The Labute approximate surface area is 68.4 Å². The quantitative estimate of drug-likeness (QED) is 0.642. The van der Waals surface area contributed by atoms with Gasteiger partial charge in [0.2, 0.25) is 0 Å². The maximum Gasteiger partial charge on any atom is 0.169 e. The van der Waals surface area contributed by atoms with E-state index < -0.39 is 0 Å². The molecule has 0 spiro atoms. The Morgan fingerprint density at radius 1 is 1.70 bits per heavy atom. The molecule has 10 heavy (non-hydrogen) atoms. The summed E-state index contributed by atoms with van der Waals surface area (Å²) in [5, 5.41) is 9.08. The third-order valence-electron chi connectivity index (χ3n) is 1.48. The zero-order chi connectivity index (χ0) is 7.56. The number of ether oxygens (including phenoxy) is 2. The SMILES string of the molecule is CO[C@H]1OC[C@H](O)C[C@H]1Br. The molecule has 1 N–H and O–H groups in total. The minimum atomic E-state index is -0.351. The van der Waals surface area contributed by atoms with Gasteiger partial charge in [-0.25, -0.2) is 0 Å². The number of aliphatic hydroxyl groups excluding tert-OH is 1. The monoisotopic (exact) mass is 210 g/mol. The third kappa shape index (κ3) is 1.92. The lowest BCUT2D eigenvalue weighted by molar-refractivity contribution is -0.166. The van der Waals surface area contributed by atoms with Gasteiger partial charge in [-0.2, -0.15) is 0 Å². The summed E-state index contributed by atoms with van der Waals surface area (Å²) in [5.41, 5.74) is 0. The van der Waals surface area contributed by atoms with Crippen LogP contribution in [0, 0.1) is 0 Å². The van der Waals surface area contributed by atoms with E-state index in [0.717, 1.165) is 0 Å². The predicted molar refractivity (Wildman–Crippen MR) is 40.1 cm³/mol. The highest BCUT2D eigenvalue weighted by Crippen LogP contribution is 2.21. The molecule has 0 saturated carbocycles. The Kier molecular flexibility index (Phi) is 3.10. The van der Waals surface area contributed by atoms with Crippen LogP contribution in [0.25, 0.3) is 0 Å². The molecule has 3 atom stereocenters. The summed E-state index contributed by atoms with van der Waals surface area (Å²) in [6.07, 6.45) is 0.137. The lowest BCUT2D eigenvalue weighted by Gasteiger charge is -2.29. The fraction of sp³-hybridized carbons (Fsp3) is 1.00. The topological polar surface area (TPSA) is 38.7 Å². The Hall–Kier alpha value is 0.360. The van der Waals surface area contributed by atoms with Gasteiger partial charge in [-0.3, -0.25) is 0 Å². The van der Waals surface area contributed by atoms with Crippen LogP contribution in [0.5, 0.6) is 0 Å². The van der Waals surface area contributed by atoms with E-state index in [0.29, 0.717) is 13.0 Å². The highest BCUT2D eigenvalue weighted by molar-refractivity contribution is 9.09. The Balaban J connectivity index is 2.36. The van der Waals surface area contributed by atoms with Crippen LogP contribution in [-0.4, -0.2) is 36.0 Å². The van der Waals surface area contributed by atoms with Crippen molar-refractivity contribution in [2.75, 3.05) is 13.7 Å². The van der Waals surface area contributed by atoms with Crippen LogP contribution in [0.15, 0.2) is 0 Å². The van der Waals surface area contributed by atoms with Crippen molar-refractivity contribution in [1.82, 2.24) is 0 Å². The van der Waals surface area contributed by atoms with Crippen LogP contribution in [-0.2, 0) is 9.47 Å². The molecule has 60 valence electrons. The predicted octanol–water partition coefficient (Wildman–Crippen LogP) is 0.504. The number of alkyl halides is 1.